The normalized spacial score (nSPS) is 16.1. The molecule has 0 aliphatic carbocycles. The van der Waals surface area contributed by atoms with Gasteiger partial charge in [0.05, 0.1) is 34.5 Å². The Morgan fingerprint density at radius 1 is 1.05 bits per heavy atom. The van der Waals surface area contributed by atoms with E-state index in [1.165, 1.54) is 29.3 Å². The Balaban J connectivity index is 1.79. The molecule has 0 spiro atoms. The van der Waals surface area contributed by atoms with E-state index >= 15 is 0 Å². The van der Waals surface area contributed by atoms with Gasteiger partial charge in [0.1, 0.15) is 0 Å². The fraction of sp³-hybridized carbons (Fsp3) is 0.160. The predicted octanol–water partition coefficient (Wildman–Crippen LogP) is 3.29. The first kappa shape index (κ1) is 28.5. The highest BCUT2D eigenvalue weighted by atomic mass is 35.5. The fourth-order valence-corrected chi connectivity index (χ4v) is 5.46. The number of hydrazone groups is 1. The number of nitrogens with two attached hydrogens (primary N) is 1. The summed E-state index contributed by atoms with van der Waals surface area (Å²) >= 11 is 12.0. The Morgan fingerprint density at radius 3 is 2.31 bits per heavy atom. The highest BCUT2D eigenvalue weighted by molar-refractivity contribution is 7.90. The zero-order chi connectivity index (χ0) is 28.2. The summed E-state index contributed by atoms with van der Waals surface area (Å²) in [4.78, 5) is -0.114. The molecule has 10 nitrogen and oxygen atoms in total. The first-order valence-corrected chi connectivity index (χ1v) is 15.3. The highest BCUT2D eigenvalue weighted by Gasteiger charge is 2.33. The van der Waals surface area contributed by atoms with Crippen molar-refractivity contribution in [3.05, 3.63) is 99.5 Å². The Bertz CT molecular complexity index is 1690. The number of hydrogen-bond donors (Lipinski definition) is 2. The van der Waals surface area contributed by atoms with E-state index in [2.05, 4.69) is 20.9 Å². The summed E-state index contributed by atoms with van der Waals surface area (Å²) in [6.45, 7) is -0.0745. The third kappa shape index (κ3) is 7.35. The van der Waals surface area contributed by atoms with E-state index in [1.807, 2.05) is 6.07 Å². The van der Waals surface area contributed by atoms with E-state index in [1.54, 1.807) is 42.5 Å². The SMILES string of the molecule is N#Cc1cccc([C@@H]2CN(/C(=N\S(=O)(=O)c3ccc(Cl)cc3)NCCS(N)(=O)=O)N=C2c2ccc(Cl)cc2)c1. The van der Waals surface area contributed by atoms with Crippen molar-refractivity contribution in [3.63, 3.8) is 0 Å². The summed E-state index contributed by atoms with van der Waals surface area (Å²) in [5, 5.41) is 24.2. The van der Waals surface area contributed by atoms with Gasteiger partial charge in [-0.05, 0) is 59.7 Å². The summed E-state index contributed by atoms with van der Waals surface area (Å²) in [6, 6.07) is 21.5. The van der Waals surface area contributed by atoms with Crippen LogP contribution in [0.3, 0.4) is 0 Å². The molecule has 4 rings (SSSR count). The Morgan fingerprint density at radius 2 is 1.69 bits per heavy atom. The third-order valence-electron chi connectivity index (χ3n) is 5.70. The van der Waals surface area contributed by atoms with Gasteiger partial charge in [-0.3, -0.25) is 0 Å². The predicted molar refractivity (Wildman–Crippen MR) is 151 cm³/mol. The number of primary sulfonamides is 1. The van der Waals surface area contributed by atoms with E-state index in [0.717, 1.165) is 11.1 Å². The summed E-state index contributed by atoms with van der Waals surface area (Å²) in [5.41, 5.74) is 2.52. The van der Waals surface area contributed by atoms with Crippen LogP contribution in [0.5, 0.6) is 0 Å². The number of halogens is 2. The number of guanidine groups is 1. The Kier molecular flexibility index (Phi) is 8.58. The zero-order valence-electron chi connectivity index (χ0n) is 20.2. The number of hydrogen-bond acceptors (Lipinski definition) is 6. The van der Waals surface area contributed by atoms with Crippen LogP contribution >= 0.6 is 23.2 Å². The van der Waals surface area contributed by atoms with Crippen molar-refractivity contribution in [2.45, 2.75) is 10.8 Å². The van der Waals surface area contributed by atoms with E-state index in [-0.39, 0.29) is 29.9 Å². The van der Waals surface area contributed by atoms with Crippen LogP contribution < -0.4 is 10.5 Å². The maximum Gasteiger partial charge on any atom is 0.285 e. The van der Waals surface area contributed by atoms with Gasteiger partial charge in [0.25, 0.3) is 10.0 Å². The molecule has 1 aliphatic heterocycles. The van der Waals surface area contributed by atoms with Gasteiger partial charge < -0.3 is 5.32 Å². The molecule has 0 bridgehead atoms. The Labute approximate surface area is 236 Å². The average Bonchev–Trinajstić information content (AvgIpc) is 3.33. The molecule has 0 amide bonds. The topological polar surface area (TPSA) is 158 Å². The lowest BCUT2D eigenvalue weighted by molar-refractivity contribution is 0.456. The second kappa shape index (κ2) is 11.7. The van der Waals surface area contributed by atoms with Gasteiger partial charge >= 0.3 is 0 Å². The molecule has 1 atom stereocenters. The van der Waals surface area contributed by atoms with Crippen LogP contribution in [0, 0.1) is 11.3 Å². The smallest absolute Gasteiger partial charge is 0.285 e. The first-order chi connectivity index (χ1) is 18.4. The van der Waals surface area contributed by atoms with E-state index in [0.29, 0.717) is 21.3 Å². The minimum Gasteiger partial charge on any atom is -0.353 e. The van der Waals surface area contributed by atoms with Crippen molar-refractivity contribution in [1.82, 2.24) is 10.3 Å². The van der Waals surface area contributed by atoms with Crippen molar-refractivity contribution in [1.29, 1.82) is 5.26 Å². The van der Waals surface area contributed by atoms with Gasteiger partial charge in [-0.2, -0.15) is 18.8 Å². The molecule has 0 fully saturated rings. The minimum absolute atomic E-state index is 0.114. The summed E-state index contributed by atoms with van der Waals surface area (Å²) in [6.07, 6.45) is 0. The summed E-state index contributed by atoms with van der Waals surface area (Å²) in [7, 11) is -8.09. The monoisotopic (exact) mass is 604 g/mol. The quantitative estimate of drug-likeness (QED) is 0.309. The molecular formula is C25H22Cl2N6O4S2. The number of nitrogens with one attached hydrogen (secondary N) is 1. The zero-order valence-corrected chi connectivity index (χ0v) is 23.3. The Hall–Kier alpha value is -3.47. The third-order valence-corrected chi connectivity index (χ3v) is 8.26. The van der Waals surface area contributed by atoms with Crippen LogP contribution in [0.2, 0.25) is 10.0 Å². The molecule has 0 saturated heterocycles. The van der Waals surface area contributed by atoms with Crippen LogP contribution in [0.15, 0.2) is 87.2 Å². The standard InChI is InChI=1S/C25H22Cl2N6O4S2/c26-20-6-4-18(5-7-20)24-23(19-3-1-2-17(14-19)15-28)16-33(31-24)25(30-12-13-38(29,34)35)32-39(36,37)22-10-8-21(27)9-11-22/h1-11,14,23H,12-13,16H2,(H,30,32)(H2,29,34,35)/t23-/m0/s1. The van der Waals surface area contributed by atoms with Crippen molar-refractivity contribution >= 4 is 54.9 Å². The van der Waals surface area contributed by atoms with Gasteiger partial charge in [-0.1, -0.05) is 47.5 Å². The lowest BCUT2D eigenvalue weighted by atomic mass is 9.90. The van der Waals surface area contributed by atoms with Crippen LogP contribution in [0.25, 0.3) is 0 Å². The second-order valence-corrected chi connectivity index (χ2v) is 12.7. The van der Waals surface area contributed by atoms with Crippen molar-refractivity contribution in [3.8, 4) is 6.07 Å². The minimum atomic E-state index is -4.25. The average molecular weight is 606 g/mol. The van der Waals surface area contributed by atoms with Crippen molar-refractivity contribution in [2.24, 2.45) is 14.6 Å². The van der Waals surface area contributed by atoms with Gasteiger partial charge in [-0.15, -0.1) is 4.40 Å². The van der Waals surface area contributed by atoms with Gasteiger partial charge in [0.2, 0.25) is 16.0 Å². The van der Waals surface area contributed by atoms with Crippen LogP contribution in [0.4, 0.5) is 0 Å². The molecule has 0 unspecified atom stereocenters. The first-order valence-electron chi connectivity index (χ1n) is 11.4. The molecule has 39 heavy (non-hydrogen) atoms. The number of benzene rings is 3. The highest BCUT2D eigenvalue weighted by Crippen LogP contribution is 2.30. The molecule has 1 aliphatic rings. The summed E-state index contributed by atoms with van der Waals surface area (Å²) in [5.74, 6) is -1.05. The lowest BCUT2D eigenvalue weighted by Gasteiger charge is -2.19. The van der Waals surface area contributed by atoms with Gasteiger partial charge in [-0.25, -0.2) is 18.6 Å². The maximum absolute atomic E-state index is 13.2. The molecule has 3 N–H and O–H groups in total. The van der Waals surface area contributed by atoms with Crippen LogP contribution in [-0.4, -0.2) is 52.4 Å². The number of nitriles is 1. The van der Waals surface area contributed by atoms with Crippen LogP contribution in [0.1, 0.15) is 22.6 Å². The molecule has 3 aromatic carbocycles. The molecule has 1 heterocycles. The molecular weight excluding hydrogens is 583 g/mol. The van der Waals surface area contributed by atoms with Crippen molar-refractivity contribution < 1.29 is 16.8 Å². The fourth-order valence-electron chi connectivity index (χ4n) is 3.85. The molecule has 14 heteroatoms. The lowest BCUT2D eigenvalue weighted by Crippen LogP contribution is -2.41. The van der Waals surface area contributed by atoms with E-state index < -0.39 is 25.8 Å². The number of rotatable bonds is 7. The van der Waals surface area contributed by atoms with Gasteiger partial charge in [0.15, 0.2) is 0 Å². The van der Waals surface area contributed by atoms with E-state index in [9.17, 15) is 22.1 Å². The summed E-state index contributed by atoms with van der Waals surface area (Å²) < 4.78 is 53.3. The molecule has 0 radical (unpaired) electrons. The maximum atomic E-state index is 13.2. The van der Waals surface area contributed by atoms with Gasteiger partial charge in [0, 0.05) is 22.5 Å². The molecule has 202 valence electrons. The molecule has 0 saturated carbocycles. The molecule has 3 aromatic rings. The van der Waals surface area contributed by atoms with Crippen molar-refractivity contribution in [2.75, 3.05) is 18.8 Å². The number of nitrogens with zero attached hydrogens (tertiary/aromatic N) is 4. The molecule has 0 aromatic heterocycles. The van der Waals surface area contributed by atoms with E-state index in [4.69, 9.17) is 28.3 Å². The van der Waals surface area contributed by atoms with Crippen LogP contribution in [-0.2, 0) is 20.0 Å². The second-order valence-electron chi connectivity index (χ2n) is 8.50. The number of sulfonamides is 2. The largest absolute Gasteiger partial charge is 0.353 e.